The number of hydrogen-bond acceptors (Lipinski definition) is 3. The third-order valence-corrected chi connectivity index (χ3v) is 3.64. The zero-order valence-corrected chi connectivity index (χ0v) is 12.3. The summed E-state index contributed by atoms with van der Waals surface area (Å²) in [6, 6.07) is 13.9. The molecule has 2 N–H and O–H groups in total. The maximum Gasteiger partial charge on any atom is 0.269 e. The molecular weight excluding hydrogens is 278 g/mol. The van der Waals surface area contributed by atoms with Crippen molar-refractivity contribution in [3.8, 4) is 11.3 Å². The molecule has 5 heteroatoms. The lowest BCUT2D eigenvalue weighted by atomic mass is 10.2. The summed E-state index contributed by atoms with van der Waals surface area (Å²) in [6.07, 6.45) is 1.70. The molecule has 0 radical (unpaired) electrons. The van der Waals surface area contributed by atoms with Crippen LogP contribution in [0.15, 0.2) is 48.7 Å². The first kappa shape index (κ1) is 14.3. The van der Waals surface area contributed by atoms with Gasteiger partial charge in [0.2, 0.25) is 0 Å². The standard InChI is InChI=1S/C17H17N3O2/c1-20-15-5-3-2-4-12(15)10-16(20)13-6-7-14(19-11-13)17(22)18-8-9-21/h2-7,10-11,21H,8-9H2,1H3,(H,18,22). The topological polar surface area (TPSA) is 67.2 Å². The molecule has 0 aliphatic rings. The van der Waals surface area contributed by atoms with E-state index < -0.39 is 0 Å². The average Bonchev–Trinajstić information content (AvgIpc) is 2.90. The molecule has 3 rings (SSSR count). The summed E-state index contributed by atoms with van der Waals surface area (Å²) in [7, 11) is 2.01. The van der Waals surface area contributed by atoms with Crippen LogP contribution in [0.1, 0.15) is 10.5 Å². The van der Waals surface area contributed by atoms with E-state index in [0.29, 0.717) is 5.69 Å². The Morgan fingerprint density at radius 3 is 2.77 bits per heavy atom. The maximum absolute atomic E-state index is 11.8. The van der Waals surface area contributed by atoms with Gasteiger partial charge in [0, 0.05) is 36.3 Å². The normalized spacial score (nSPS) is 10.8. The number of carbonyl (C=O) groups excluding carboxylic acids is 1. The van der Waals surface area contributed by atoms with Gasteiger partial charge in [-0.25, -0.2) is 0 Å². The van der Waals surface area contributed by atoms with E-state index in [-0.39, 0.29) is 19.1 Å². The number of aryl methyl sites for hydroxylation is 1. The number of amides is 1. The summed E-state index contributed by atoms with van der Waals surface area (Å²) >= 11 is 0. The second-order valence-corrected chi connectivity index (χ2v) is 5.06. The third kappa shape index (κ3) is 2.58. The quantitative estimate of drug-likeness (QED) is 0.773. The van der Waals surface area contributed by atoms with Crippen LogP contribution < -0.4 is 5.32 Å². The first-order valence-electron chi connectivity index (χ1n) is 7.10. The van der Waals surface area contributed by atoms with Gasteiger partial charge in [-0.2, -0.15) is 0 Å². The summed E-state index contributed by atoms with van der Waals surface area (Å²) < 4.78 is 2.11. The molecule has 5 nitrogen and oxygen atoms in total. The monoisotopic (exact) mass is 295 g/mol. The Kier molecular flexibility index (Phi) is 3.89. The number of nitrogens with zero attached hydrogens (tertiary/aromatic N) is 2. The molecule has 0 bridgehead atoms. The van der Waals surface area contributed by atoms with Gasteiger partial charge in [-0.3, -0.25) is 9.78 Å². The number of rotatable bonds is 4. The second kappa shape index (κ2) is 5.99. The highest BCUT2D eigenvalue weighted by Crippen LogP contribution is 2.26. The number of aromatic nitrogens is 2. The number of carbonyl (C=O) groups is 1. The average molecular weight is 295 g/mol. The summed E-state index contributed by atoms with van der Waals surface area (Å²) in [5, 5.41) is 12.5. The Bertz CT molecular complexity index is 806. The lowest BCUT2D eigenvalue weighted by Gasteiger charge is -2.06. The molecule has 112 valence electrons. The van der Waals surface area contributed by atoms with Crippen LogP contribution in [0.5, 0.6) is 0 Å². The summed E-state index contributed by atoms with van der Waals surface area (Å²) in [5.74, 6) is -0.280. The van der Waals surface area contributed by atoms with Gasteiger partial charge < -0.3 is 15.0 Å². The van der Waals surface area contributed by atoms with Gasteiger partial charge in [-0.05, 0) is 24.3 Å². The molecule has 0 unspecified atom stereocenters. The molecule has 0 aliphatic heterocycles. The molecular formula is C17H17N3O2. The third-order valence-electron chi connectivity index (χ3n) is 3.64. The fourth-order valence-corrected chi connectivity index (χ4v) is 2.51. The summed E-state index contributed by atoms with van der Waals surface area (Å²) in [6.45, 7) is 0.144. The fraction of sp³-hybridized carbons (Fsp3) is 0.176. The highest BCUT2D eigenvalue weighted by atomic mass is 16.3. The number of pyridine rings is 1. The molecule has 0 saturated carbocycles. The van der Waals surface area contributed by atoms with E-state index >= 15 is 0 Å². The molecule has 2 heterocycles. The molecule has 3 aromatic rings. The fourth-order valence-electron chi connectivity index (χ4n) is 2.51. The smallest absolute Gasteiger partial charge is 0.269 e. The zero-order valence-electron chi connectivity index (χ0n) is 12.3. The molecule has 0 fully saturated rings. The molecule has 1 amide bonds. The predicted octanol–water partition coefficient (Wildman–Crippen LogP) is 1.96. The highest BCUT2D eigenvalue weighted by Gasteiger charge is 2.10. The minimum absolute atomic E-state index is 0.0836. The van der Waals surface area contributed by atoms with Gasteiger partial charge in [0.25, 0.3) is 5.91 Å². The van der Waals surface area contributed by atoms with Gasteiger partial charge in [-0.1, -0.05) is 18.2 Å². The van der Waals surface area contributed by atoms with Crippen molar-refractivity contribution < 1.29 is 9.90 Å². The number of fused-ring (bicyclic) bond motifs is 1. The van der Waals surface area contributed by atoms with Crippen molar-refractivity contribution in [2.45, 2.75) is 0 Å². The van der Waals surface area contributed by atoms with E-state index in [1.807, 2.05) is 25.2 Å². The van der Waals surface area contributed by atoms with Crippen molar-refractivity contribution in [1.29, 1.82) is 0 Å². The first-order chi connectivity index (χ1) is 10.7. The number of aliphatic hydroxyl groups excluding tert-OH is 1. The lowest BCUT2D eigenvalue weighted by Crippen LogP contribution is -2.27. The molecule has 0 spiro atoms. The van der Waals surface area contributed by atoms with E-state index in [1.54, 1.807) is 12.3 Å². The van der Waals surface area contributed by atoms with Gasteiger partial charge in [0.15, 0.2) is 0 Å². The number of para-hydroxylation sites is 1. The summed E-state index contributed by atoms with van der Waals surface area (Å²) in [4.78, 5) is 16.0. The van der Waals surface area contributed by atoms with E-state index in [4.69, 9.17) is 5.11 Å². The van der Waals surface area contributed by atoms with Gasteiger partial charge in [0.05, 0.1) is 12.3 Å². The Balaban J connectivity index is 1.91. The van der Waals surface area contributed by atoms with Crippen LogP contribution in [0, 0.1) is 0 Å². The molecule has 1 aromatic carbocycles. The van der Waals surface area contributed by atoms with Crippen LogP contribution in [0.2, 0.25) is 0 Å². The van der Waals surface area contributed by atoms with Crippen molar-refractivity contribution in [2.24, 2.45) is 7.05 Å². The second-order valence-electron chi connectivity index (χ2n) is 5.06. The predicted molar refractivity (Wildman–Crippen MR) is 85.6 cm³/mol. The molecule has 0 saturated heterocycles. The highest BCUT2D eigenvalue weighted by molar-refractivity contribution is 5.93. The SMILES string of the molecule is Cn1c(-c2ccc(C(=O)NCCO)nc2)cc2ccccc21. The number of benzene rings is 1. The van der Waals surface area contributed by atoms with Crippen LogP contribution in [0.4, 0.5) is 0 Å². The van der Waals surface area contributed by atoms with Crippen LogP contribution >= 0.6 is 0 Å². The van der Waals surface area contributed by atoms with Gasteiger partial charge in [-0.15, -0.1) is 0 Å². The Morgan fingerprint density at radius 2 is 2.09 bits per heavy atom. The lowest BCUT2D eigenvalue weighted by molar-refractivity contribution is 0.0940. The van der Waals surface area contributed by atoms with E-state index in [9.17, 15) is 4.79 Å². The van der Waals surface area contributed by atoms with Crippen LogP contribution in [0.25, 0.3) is 22.2 Å². The zero-order chi connectivity index (χ0) is 15.5. The largest absolute Gasteiger partial charge is 0.395 e. The van der Waals surface area contributed by atoms with Crippen molar-refractivity contribution in [2.75, 3.05) is 13.2 Å². The number of hydrogen-bond donors (Lipinski definition) is 2. The minimum atomic E-state index is -0.280. The van der Waals surface area contributed by atoms with Gasteiger partial charge in [0.1, 0.15) is 5.69 Å². The van der Waals surface area contributed by atoms with E-state index in [2.05, 4.69) is 33.1 Å². The van der Waals surface area contributed by atoms with Crippen molar-refractivity contribution in [3.63, 3.8) is 0 Å². The van der Waals surface area contributed by atoms with Crippen molar-refractivity contribution in [3.05, 3.63) is 54.4 Å². The minimum Gasteiger partial charge on any atom is -0.395 e. The van der Waals surface area contributed by atoms with Gasteiger partial charge >= 0.3 is 0 Å². The van der Waals surface area contributed by atoms with E-state index in [1.165, 1.54) is 5.39 Å². The van der Waals surface area contributed by atoms with Crippen molar-refractivity contribution >= 4 is 16.8 Å². The summed E-state index contributed by atoms with van der Waals surface area (Å²) in [5.41, 5.74) is 3.51. The maximum atomic E-state index is 11.8. The van der Waals surface area contributed by atoms with E-state index in [0.717, 1.165) is 16.8 Å². The Hall–Kier alpha value is -2.66. The van der Waals surface area contributed by atoms with Crippen LogP contribution in [0.3, 0.4) is 0 Å². The molecule has 22 heavy (non-hydrogen) atoms. The van der Waals surface area contributed by atoms with Crippen LogP contribution in [-0.2, 0) is 7.05 Å². The Morgan fingerprint density at radius 1 is 1.27 bits per heavy atom. The number of aliphatic hydroxyl groups is 1. The molecule has 0 aliphatic carbocycles. The molecule has 2 aromatic heterocycles. The Labute approximate surface area is 128 Å². The van der Waals surface area contributed by atoms with Crippen molar-refractivity contribution in [1.82, 2.24) is 14.9 Å². The van der Waals surface area contributed by atoms with Crippen LogP contribution in [-0.4, -0.2) is 33.7 Å². The molecule has 0 atom stereocenters. The number of nitrogens with one attached hydrogen (secondary N) is 1. The first-order valence-corrected chi connectivity index (χ1v) is 7.10.